The number of hydrogen-bond donors (Lipinski definition) is 7. The first kappa shape index (κ1) is 54.0. The number of unbranched alkanes of at least 4 members (excludes halogenated alkanes) is 6. The van der Waals surface area contributed by atoms with Crippen LogP contribution in [0.25, 0.3) is 10.9 Å². The van der Waals surface area contributed by atoms with Crippen molar-refractivity contribution in [1.82, 2.24) is 31.6 Å². The molecule has 7 N–H and O–H groups in total. The van der Waals surface area contributed by atoms with Gasteiger partial charge >= 0.3 is 0 Å². The van der Waals surface area contributed by atoms with E-state index in [2.05, 4.69) is 43.8 Å². The Morgan fingerprint density at radius 3 is 2.00 bits per heavy atom. The third-order valence-electron chi connectivity index (χ3n) is 11.7. The number of nitrogens with one attached hydrogen (secondary N) is 6. The Balaban J connectivity index is 1.22. The van der Waals surface area contributed by atoms with Gasteiger partial charge < -0.3 is 36.4 Å². The molecule has 3 aromatic carbocycles. The predicted molar refractivity (Wildman–Crippen MR) is 266 cm³/mol. The van der Waals surface area contributed by atoms with Gasteiger partial charge in [-0.3, -0.25) is 34.3 Å². The maximum atomic E-state index is 13.8. The summed E-state index contributed by atoms with van der Waals surface area (Å²) in [6.07, 6.45) is 10.3. The molecule has 364 valence electrons. The molecule has 0 aliphatic carbocycles. The van der Waals surface area contributed by atoms with Crippen molar-refractivity contribution in [3.63, 3.8) is 0 Å². The zero-order valence-electron chi connectivity index (χ0n) is 40.1. The molecule has 0 bridgehead atoms. The molecule has 67 heavy (non-hydrogen) atoms. The Morgan fingerprint density at radius 2 is 1.36 bits per heavy atom. The summed E-state index contributed by atoms with van der Waals surface area (Å²) in [5, 5.41) is 30.5. The molecule has 0 aliphatic rings. The first-order valence-corrected chi connectivity index (χ1v) is 24.4. The summed E-state index contributed by atoms with van der Waals surface area (Å²) in [6.45, 7) is 13.4. The number of nitrogens with zero attached hydrogens (tertiary/aromatic N) is 1. The lowest BCUT2D eigenvalue weighted by Crippen LogP contribution is -2.55. The van der Waals surface area contributed by atoms with Gasteiger partial charge in [0.05, 0.1) is 30.1 Å². The molecular formula is C52H72ClN7O7. The lowest BCUT2D eigenvalue weighted by atomic mass is 9.94. The van der Waals surface area contributed by atoms with Gasteiger partial charge in [0.15, 0.2) is 0 Å². The number of ether oxygens (including phenoxy) is 1. The van der Waals surface area contributed by atoms with Crippen molar-refractivity contribution in [3.8, 4) is 11.5 Å². The zero-order valence-corrected chi connectivity index (χ0v) is 40.8. The third kappa shape index (κ3) is 18.6. The van der Waals surface area contributed by atoms with E-state index in [0.29, 0.717) is 54.6 Å². The van der Waals surface area contributed by atoms with Gasteiger partial charge in [0, 0.05) is 46.5 Å². The number of pyridine rings is 1. The number of imide groups is 1. The van der Waals surface area contributed by atoms with E-state index in [4.69, 9.17) is 16.3 Å². The number of aliphatic hydroxyl groups is 1. The van der Waals surface area contributed by atoms with Crippen LogP contribution in [0.15, 0.2) is 79.0 Å². The summed E-state index contributed by atoms with van der Waals surface area (Å²) in [5.74, 6) is -1.35. The van der Waals surface area contributed by atoms with E-state index in [-0.39, 0.29) is 29.7 Å². The number of benzene rings is 3. The fourth-order valence-electron chi connectivity index (χ4n) is 7.51. The van der Waals surface area contributed by atoms with Crippen LogP contribution in [0.4, 0.5) is 5.69 Å². The van der Waals surface area contributed by atoms with Crippen molar-refractivity contribution in [1.29, 1.82) is 0 Å². The summed E-state index contributed by atoms with van der Waals surface area (Å²) < 4.78 is 5.96. The first-order chi connectivity index (χ1) is 32.2. The maximum Gasteiger partial charge on any atom is 0.257 e. The van der Waals surface area contributed by atoms with Crippen molar-refractivity contribution in [2.45, 2.75) is 136 Å². The smallest absolute Gasteiger partial charge is 0.257 e. The molecule has 1 heterocycles. The van der Waals surface area contributed by atoms with Crippen molar-refractivity contribution < 1.29 is 33.8 Å². The number of rotatable bonds is 29. The normalized spacial score (nSPS) is 13.5. The largest absolute Gasteiger partial charge is 0.457 e. The van der Waals surface area contributed by atoms with Crippen molar-refractivity contribution in [2.24, 2.45) is 11.8 Å². The second kappa shape index (κ2) is 28.6. The van der Waals surface area contributed by atoms with Gasteiger partial charge in [-0.2, -0.15) is 0 Å². The molecule has 1 unspecified atom stereocenters. The SMILES string of the molecule is CCCCCCCCCNC(=O)C[C@H](O)[C@H](CC(C)C)NC(=O)[C@@H](NC(=O)c1ccc(Oc2ccc(C(=O)NC(=O)[C@H](C)NCCCNc3ccnc4cc(Cl)ccc34)cc2)cc1)C(C)CC. The van der Waals surface area contributed by atoms with Crippen LogP contribution in [0.3, 0.4) is 0 Å². The van der Waals surface area contributed by atoms with Gasteiger partial charge in [-0.05, 0) is 117 Å². The maximum absolute atomic E-state index is 13.8. The number of aromatic nitrogens is 1. The van der Waals surface area contributed by atoms with E-state index < -0.39 is 47.9 Å². The van der Waals surface area contributed by atoms with Crippen molar-refractivity contribution in [2.75, 3.05) is 25.0 Å². The molecule has 0 saturated carbocycles. The Hall–Kier alpha value is -5.57. The molecular weight excluding hydrogens is 870 g/mol. The Kier molecular flexibility index (Phi) is 23.0. The van der Waals surface area contributed by atoms with Gasteiger partial charge in [0.25, 0.3) is 11.8 Å². The number of carbonyl (C=O) groups excluding carboxylic acids is 5. The Labute approximate surface area is 401 Å². The molecule has 4 aromatic rings. The minimum absolute atomic E-state index is 0.131. The summed E-state index contributed by atoms with van der Waals surface area (Å²) >= 11 is 6.10. The van der Waals surface area contributed by atoms with E-state index >= 15 is 0 Å². The molecule has 5 atom stereocenters. The minimum Gasteiger partial charge on any atom is -0.457 e. The fraction of sp³-hybridized carbons (Fsp3) is 0.500. The monoisotopic (exact) mass is 942 g/mol. The molecule has 0 saturated heterocycles. The average Bonchev–Trinajstić information content (AvgIpc) is 3.30. The zero-order chi connectivity index (χ0) is 48.7. The topological polar surface area (TPSA) is 200 Å². The summed E-state index contributed by atoms with van der Waals surface area (Å²) in [6, 6.07) is 18.1. The number of anilines is 1. The van der Waals surface area contributed by atoms with Crippen LogP contribution in [0, 0.1) is 11.8 Å². The summed E-state index contributed by atoms with van der Waals surface area (Å²) in [5.41, 5.74) is 2.34. The third-order valence-corrected chi connectivity index (χ3v) is 12.0. The number of carbonyl (C=O) groups is 5. The van der Waals surface area contributed by atoms with E-state index in [1.807, 2.05) is 52.0 Å². The van der Waals surface area contributed by atoms with Crippen LogP contribution in [0.5, 0.6) is 11.5 Å². The summed E-state index contributed by atoms with van der Waals surface area (Å²) in [4.78, 5) is 70.0. The van der Waals surface area contributed by atoms with Gasteiger partial charge in [-0.15, -0.1) is 0 Å². The quantitative estimate of drug-likeness (QED) is 0.0259. The van der Waals surface area contributed by atoms with Gasteiger partial charge in [-0.1, -0.05) is 91.2 Å². The van der Waals surface area contributed by atoms with E-state index in [1.165, 1.54) is 25.7 Å². The van der Waals surface area contributed by atoms with Crippen molar-refractivity contribution >= 4 is 57.7 Å². The minimum atomic E-state index is -1.09. The second-order valence-corrected chi connectivity index (χ2v) is 18.2. The van der Waals surface area contributed by atoms with Crippen LogP contribution in [0.1, 0.15) is 133 Å². The van der Waals surface area contributed by atoms with Crippen LogP contribution in [-0.4, -0.2) is 83.5 Å². The van der Waals surface area contributed by atoms with Crippen LogP contribution in [0.2, 0.25) is 5.02 Å². The summed E-state index contributed by atoms with van der Waals surface area (Å²) in [7, 11) is 0. The average molecular weight is 943 g/mol. The molecule has 15 heteroatoms. The Bertz CT molecular complexity index is 2190. The van der Waals surface area contributed by atoms with Gasteiger partial charge in [0.1, 0.15) is 17.5 Å². The molecule has 0 fully saturated rings. The lowest BCUT2D eigenvalue weighted by Gasteiger charge is -2.30. The highest BCUT2D eigenvalue weighted by Crippen LogP contribution is 2.25. The molecule has 0 aliphatic heterocycles. The number of fused-ring (bicyclic) bond motifs is 1. The highest BCUT2D eigenvalue weighted by molar-refractivity contribution is 6.31. The second-order valence-electron chi connectivity index (χ2n) is 17.8. The molecule has 1 aromatic heterocycles. The first-order valence-electron chi connectivity index (χ1n) is 24.0. The van der Waals surface area contributed by atoms with Gasteiger partial charge in [-0.25, -0.2) is 0 Å². The molecule has 5 amide bonds. The molecule has 0 spiro atoms. The van der Waals surface area contributed by atoms with E-state index in [9.17, 15) is 29.1 Å². The van der Waals surface area contributed by atoms with Gasteiger partial charge in [0.2, 0.25) is 17.7 Å². The molecule has 4 rings (SSSR count). The molecule has 0 radical (unpaired) electrons. The van der Waals surface area contributed by atoms with Crippen LogP contribution in [-0.2, 0) is 14.4 Å². The van der Waals surface area contributed by atoms with Crippen LogP contribution < -0.4 is 36.6 Å². The lowest BCUT2D eigenvalue weighted by molar-refractivity contribution is -0.128. The highest BCUT2D eigenvalue weighted by atomic mass is 35.5. The number of amides is 5. The van der Waals surface area contributed by atoms with E-state index in [0.717, 1.165) is 42.3 Å². The predicted octanol–water partition coefficient (Wildman–Crippen LogP) is 8.71. The standard InChI is InChI=1S/C52H72ClN7O7/c1-7-9-10-11-12-13-14-27-57-47(62)33-46(61)45(31-34(3)4)58-52(66)48(35(5)8-2)59-50(64)37-16-21-40(22-17-37)67-41-23-18-38(19-24-41)51(65)60-49(63)36(6)54-28-15-29-55-43-26-30-56-44-32-39(53)20-25-42(43)44/h16-26,30,32,34-36,45-46,48,54,61H,7-15,27-29,31,33H2,1-6H3,(H,55,56)(H,57,62)(H,58,66)(H,59,64)(H,60,63,65)/t35?,36-,45-,46-,48-/m0/s1. The number of aliphatic hydroxyl groups excluding tert-OH is 1. The fourth-order valence-corrected chi connectivity index (χ4v) is 7.67. The van der Waals surface area contributed by atoms with Crippen molar-refractivity contribution in [3.05, 3.63) is 95.1 Å². The highest BCUT2D eigenvalue weighted by Gasteiger charge is 2.31. The number of hydrogen-bond acceptors (Lipinski definition) is 10. The number of halogens is 1. The van der Waals surface area contributed by atoms with E-state index in [1.54, 1.807) is 61.7 Å². The Morgan fingerprint density at radius 1 is 0.716 bits per heavy atom. The molecule has 14 nitrogen and oxygen atoms in total. The van der Waals surface area contributed by atoms with Crippen LogP contribution >= 0.6 is 11.6 Å².